The van der Waals surface area contributed by atoms with Crippen LogP contribution in [0.2, 0.25) is 0 Å². The predicted molar refractivity (Wildman–Crippen MR) is 87.5 cm³/mol. The lowest BCUT2D eigenvalue weighted by Gasteiger charge is -2.31. The van der Waals surface area contributed by atoms with Crippen molar-refractivity contribution in [3.63, 3.8) is 0 Å². The molecule has 2 heterocycles. The third-order valence-corrected chi connectivity index (χ3v) is 4.11. The minimum absolute atomic E-state index is 0.0317. The molecule has 0 saturated carbocycles. The maximum atomic E-state index is 12.6. The number of hydrogen-bond acceptors (Lipinski definition) is 5. The van der Waals surface area contributed by atoms with E-state index < -0.39 is 0 Å². The topological polar surface area (TPSA) is 78.4 Å². The third kappa shape index (κ3) is 3.84. The van der Waals surface area contributed by atoms with Gasteiger partial charge in [0.2, 0.25) is 0 Å². The molecule has 0 aliphatic carbocycles. The Balaban J connectivity index is 1.68. The fraction of sp³-hybridized carbons (Fsp3) is 0.353. The van der Waals surface area contributed by atoms with Gasteiger partial charge >= 0.3 is 0 Å². The van der Waals surface area contributed by atoms with Gasteiger partial charge in [-0.1, -0.05) is 6.07 Å². The van der Waals surface area contributed by atoms with Gasteiger partial charge < -0.3 is 15.3 Å². The second-order valence-electron chi connectivity index (χ2n) is 5.71. The minimum atomic E-state index is 0.0317. The van der Waals surface area contributed by atoms with Crippen LogP contribution in [0.25, 0.3) is 0 Å². The molecule has 23 heavy (non-hydrogen) atoms. The van der Waals surface area contributed by atoms with E-state index in [2.05, 4.69) is 15.3 Å². The van der Waals surface area contributed by atoms with E-state index in [1.54, 1.807) is 18.6 Å². The molecule has 0 atom stereocenters. The van der Waals surface area contributed by atoms with Crippen LogP contribution in [-0.2, 0) is 0 Å². The fourth-order valence-corrected chi connectivity index (χ4v) is 2.74. The molecule has 1 saturated heterocycles. The molecule has 3 rings (SSSR count). The molecular weight excluding hydrogens is 292 g/mol. The van der Waals surface area contributed by atoms with Crippen molar-refractivity contribution in [2.24, 2.45) is 5.92 Å². The molecule has 120 valence electrons. The summed E-state index contributed by atoms with van der Waals surface area (Å²) in [7, 11) is 0. The molecule has 1 aromatic heterocycles. The number of carbonyl (C=O) groups excluding carboxylic acids is 1. The van der Waals surface area contributed by atoms with Crippen LogP contribution >= 0.6 is 0 Å². The van der Waals surface area contributed by atoms with Crippen LogP contribution in [0, 0.1) is 5.92 Å². The van der Waals surface area contributed by atoms with Gasteiger partial charge in [-0.15, -0.1) is 0 Å². The Kier molecular flexibility index (Phi) is 4.83. The van der Waals surface area contributed by atoms with Crippen molar-refractivity contribution < 1.29 is 9.90 Å². The molecule has 2 aromatic rings. The number of amides is 1. The van der Waals surface area contributed by atoms with Crippen molar-refractivity contribution in [2.75, 3.05) is 25.0 Å². The highest BCUT2D eigenvalue weighted by atomic mass is 16.3. The molecule has 0 bridgehead atoms. The number of nitrogens with one attached hydrogen (secondary N) is 1. The number of aliphatic hydroxyl groups is 1. The molecule has 1 aliphatic rings. The van der Waals surface area contributed by atoms with E-state index in [9.17, 15) is 9.90 Å². The number of nitrogens with zero attached hydrogens (tertiary/aromatic N) is 3. The normalized spacial score (nSPS) is 15.4. The average molecular weight is 312 g/mol. The summed E-state index contributed by atoms with van der Waals surface area (Å²) in [6, 6.07) is 7.40. The molecule has 1 amide bonds. The summed E-state index contributed by atoms with van der Waals surface area (Å²) in [5.41, 5.74) is 1.46. The molecule has 1 fully saturated rings. The lowest BCUT2D eigenvalue weighted by Crippen LogP contribution is -2.39. The summed E-state index contributed by atoms with van der Waals surface area (Å²) < 4.78 is 0. The second kappa shape index (κ2) is 7.19. The van der Waals surface area contributed by atoms with Crippen molar-refractivity contribution in [1.82, 2.24) is 14.9 Å². The van der Waals surface area contributed by atoms with Crippen LogP contribution in [-0.4, -0.2) is 45.6 Å². The highest BCUT2D eigenvalue weighted by Gasteiger charge is 2.23. The van der Waals surface area contributed by atoms with Gasteiger partial charge in [0, 0.05) is 43.3 Å². The number of aromatic nitrogens is 2. The van der Waals surface area contributed by atoms with Gasteiger partial charge in [-0.25, -0.2) is 4.98 Å². The fourth-order valence-electron chi connectivity index (χ4n) is 2.74. The number of anilines is 2. The van der Waals surface area contributed by atoms with Crippen LogP contribution in [0.15, 0.2) is 42.9 Å². The summed E-state index contributed by atoms with van der Waals surface area (Å²) in [6.07, 6.45) is 6.58. The maximum absolute atomic E-state index is 12.6. The van der Waals surface area contributed by atoms with E-state index in [1.807, 2.05) is 29.2 Å². The molecule has 1 aliphatic heterocycles. The second-order valence-corrected chi connectivity index (χ2v) is 5.71. The highest BCUT2D eigenvalue weighted by molar-refractivity contribution is 5.95. The van der Waals surface area contributed by atoms with Crippen molar-refractivity contribution in [3.05, 3.63) is 48.4 Å². The average Bonchev–Trinajstić information content (AvgIpc) is 2.62. The van der Waals surface area contributed by atoms with Gasteiger partial charge in [0.25, 0.3) is 5.91 Å². The van der Waals surface area contributed by atoms with Crippen LogP contribution < -0.4 is 5.32 Å². The first-order valence-electron chi connectivity index (χ1n) is 7.79. The number of carbonyl (C=O) groups is 1. The smallest absolute Gasteiger partial charge is 0.253 e. The van der Waals surface area contributed by atoms with Crippen LogP contribution in [0.5, 0.6) is 0 Å². The molecule has 0 radical (unpaired) electrons. The Morgan fingerprint density at radius 3 is 2.83 bits per heavy atom. The lowest BCUT2D eigenvalue weighted by molar-refractivity contribution is 0.0651. The number of hydrogen-bond donors (Lipinski definition) is 2. The van der Waals surface area contributed by atoms with Gasteiger partial charge in [0.15, 0.2) is 0 Å². The van der Waals surface area contributed by atoms with Crippen molar-refractivity contribution in [1.29, 1.82) is 0 Å². The SMILES string of the molecule is O=C(c1cccc(Nc2cnccn2)c1)N1CCC(CO)CC1. The summed E-state index contributed by atoms with van der Waals surface area (Å²) in [4.78, 5) is 22.6. The molecule has 6 nitrogen and oxygen atoms in total. The largest absolute Gasteiger partial charge is 0.396 e. The Labute approximate surface area is 135 Å². The number of piperidine rings is 1. The Hall–Kier alpha value is -2.47. The van der Waals surface area contributed by atoms with Gasteiger partial charge in [-0.2, -0.15) is 0 Å². The third-order valence-electron chi connectivity index (χ3n) is 4.11. The first-order valence-corrected chi connectivity index (χ1v) is 7.79. The standard InChI is InChI=1S/C17H20N4O2/c22-12-13-4-8-21(9-5-13)17(23)14-2-1-3-15(10-14)20-16-11-18-6-7-19-16/h1-3,6-7,10-11,13,22H,4-5,8-9,12H2,(H,19,20). The zero-order valence-corrected chi connectivity index (χ0v) is 12.9. The molecule has 0 spiro atoms. The first kappa shape index (κ1) is 15.4. The van der Waals surface area contributed by atoms with E-state index in [0.717, 1.165) is 18.5 Å². The van der Waals surface area contributed by atoms with E-state index >= 15 is 0 Å². The molecule has 0 unspecified atom stereocenters. The molecular formula is C17H20N4O2. The predicted octanol–water partition coefficient (Wildman–Crippen LogP) is 2.06. The number of benzene rings is 1. The lowest BCUT2D eigenvalue weighted by atomic mass is 9.97. The summed E-state index contributed by atoms with van der Waals surface area (Å²) in [5.74, 6) is 0.994. The first-order chi connectivity index (χ1) is 11.3. The van der Waals surface area contributed by atoms with E-state index in [-0.39, 0.29) is 12.5 Å². The molecule has 6 heteroatoms. The minimum Gasteiger partial charge on any atom is -0.396 e. The van der Waals surface area contributed by atoms with Crippen LogP contribution in [0.1, 0.15) is 23.2 Å². The van der Waals surface area contributed by atoms with Crippen LogP contribution in [0.4, 0.5) is 11.5 Å². The number of rotatable bonds is 4. The monoisotopic (exact) mass is 312 g/mol. The van der Waals surface area contributed by atoms with Gasteiger partial charge in [0.05, 0.1) is 6.20 Å². The summed E-state index contributed by atoms with van der Waals surface area (Å²) >= 11 is 0. The molecule has 2 N–H and O–H groups in total. The Morgan fingerprint density at radius 1 is 1.30 bits per heavy atom. The number of likely N-dealkylation sites (tertiary alicyclic amines) is 1. The Morgan fingerprint density at radius 2 is 2.13 bits per heavy atom. The number of aliphatic hydroxyl groups excluding tert-OH is 1. The van der Waals surface area contributed by atoms with Crippen molar-refractivity contribution in [2.45, 2.75) is 12.8 Å². The Bertz CT molecular complexity index is 655. The van der Waals surface area contributed by atoms with Crippen molar-refractivity contribution >= 4 is 17.4 Å². The summed E-state index contributed by atoms with van der Waals surface area (Å²) in [5, 5.41) is 12.3. The maximum Gasteiger partial charge on any atom is 0.253 e. The van der Waals surface area contributed by atoms with Crippen molar-refractivity contribution in [3.8, 4) is 0 Å². The highest BCUT2D eigenvalue weighted by Crippen LogP contribution is 2.20. The van der Waals surface area contributed by atoms with Crippen LogP contribution in [0.3, 0.4) is 0 Å². The zero-order valence-electron chi connectivity index (χ0n) is 12.9. The van der Waals surface area contributed by atoms with Gasteiger partial charge in [-0.3, -0.25) is 9.78 Å². The van der Waals surface area contributed by atoms with E-state index in [1.165, 1.54) is 0 Å². The summed E-state index contributed by atoms with van der Waals surface area (Å²) in [6.45, 7) is 1.61. The molecule has 1 aromatic carbocycles. The zero-order chi connectivity index (χ0) is 16.1. The van der Waals surface area contributed by atoms with Gasteiger partial charge in [-0.05, 0) is 37.0 Å². The van der Waals surface area contributed by atoms with E-state index in [0.29, 0.717) is 30.4 Å². The van der Waals surface area contributed by atoms with E-state index in [4.69, 9.17) is 0 Å². The van der Waals surface area contributed by atoms with Gasteiger partial charge in [0.1, 0.15) is 5.82 Å². The quantitative estimate of drug-likeness (QED) is 0.903.